The van der Waals surface area contributed by atoms with Gasteiger partial charge in [-0.2, -0.15) is 0 Å². The van der Waals surface area contributed by atoms with Crippen molar-refractivity contribution in [2.45, 2.75) is 50.4 Å². The van der Waals surface area contributed by atoms with Gasteiger partial charge in [-0.25, -0.2) is 4.79 Å². The Labute approximate surface area is 157 Å². The third kappa shape index (κ3) is 6.44. The lowest BCUT2D eigenvalue weighted by atomic mass is 10.1. The van der Waals surface area contributed by atoms with Crippen molar-refractivity contribution < 1.29 is 19.1 Å². The molecule has 0 heterocycles. The number of benzene rings is 1. The second kappa shape index (κ2) is 8.81. The molecule has 0 radical (unpaired) electrons. The second-order valence-electron chi connectivity index (χ2n) is 6.74. The van der Waals surface area contributed by atoms with Gasteiger partial charge in [0.25, 0.3) is 0 Å². The number of amides is 1. The zero-order valence-electron chi connectivity index (χ0n) is 14.7. The van der Waals surface area contributed by atoms with Gasteiger partial charge in [0.1, 0.15) is 10.9 Å². The molecule has 1 atom stereocenters. The van der Waals surface area contributed by atoms with Gasteiger partial charge in [-0.1, -0.05) is 37.6 Å². The van der Waals surface area contributed by atoms with Gasteiger partial charge in [0, 0.05) is 11.4 Å². The number of nitrogens with one attached hydrogen (secondary N) is 1. The maximum atomic E-state index is 12.1. The maximum Gasteiger partial charge on any atom is 0.417 e. The van der Waals surface area contributed by atoms with E-state index in [2.05, 4.69) is 4.72 Å². The van der Waals surface area contributed by atoms with E-state index in [1.165, 1.54) is 7.11 Å². The van der Waals surface area contributed by atoms with Gasteiger partial charge in [0.05, 0.1) is 7.11 Å². The number of halogens is 1. The van der Waals surface area contributed by atoms with Crippen LogP contribution in [0, 0.1) is 5.92 Å². The normalized spacial score (nSPS) is 16.2. The van der Waals surface area contributed by atoms with Crippen molar-refractivity contribution in [1.29, 1.82) is 0 Å². The standard InChI is InChI=1S/C18H24ClNO4S/c1-12(2)9-15(16(21)23-3)25-20-17(22)24-18(7-8-18)11-13-5-4-6-14(19)10-13/h4-6,10,12,15H,7-9,11H2,1-3H3,(H,20,22)/t15-/m0/s1. The monoisotopic (exact) mass is 385 g/mol. The van der Waals surface area contributed by atoms with Crippen molar-refractivity contribution >= 4 is 35.6 Å². The highest BCUT2D eigenvalue weighted by Gasteiger charge is 2.47. The average molecular weight is 386 g/mol. The van der Waals surface area contributed by atoms with Crippen LogP contribution in [0.1, 0.15) is 38.7 Å². The summed E-state index contributed by atoms with van der Waals surface area (Å²) in [6.07, 6.45) is 2.37. The molecule has 25 heavy (non-hydrogen) atoms. The number of esters is 1. The summed E-state index contributed by atoms with van der Waals surface area (Å²) in [5.74, 6) is -0.0360. The molecular formula is C18H24ClNO4S. The summed E-state index contributed by atoms with van der Waals surface area (Å²) in [6.45, 7) is 4.03. The van der Waals surface area contributed by atoms with Crippen molar-refractivity contribution in [3.05, 3.63) is 34.9 Å². The summed E-state index contributed by atoms with van der Waals surface area (Å²) in [5, 5.41) is 0.226. The Morgan fingerprint density at radius 1 is 1.36 bits per heavy atom. The van der Waals surface area contributed by atoms with Crippen LogP contribution in [0.25, 0.3) is 0 Å². The van der Waals surface area contributed by atoms with Gasteiger partial charge in [-0.3, -0.25) is 9.52 Å². The van der Waals surface area contributed by atoms with Crippen molar-refractivity contribution in [1.82, 2.24) is 4.72 Å². The predicted molar refractivity (Wildman–Crippen MR) is 99.6 cm³/mol. The molecule has 1 saturated carbocycles. The second-order valence-corrected chi connectivity index (χ2v) is 8.19. The fourth-order valence-corrected chi connectivity index (χ4v) is 3.73. The first-order valence-corrected chi connectivity index (χ1v) is 9.56. The molecule has 0 unspecified atom stereocenters. The highest BCUT2D eigenvalue weighted by molar-refractivity contribution is 7.99. The molecular weight excluding hydrogens is 362 g/mol. The molecule has 0 aromatic heterocycles. The van der Waals surface area contributed by atoms with Gasteiger partial charge in [0.2, 0.25) is 0 Å². The highest BCUT2D eigenvalue weighted by Crippen LogP contribution is 2.43. The fourth-order valence-electron chi connectivity index (χ4n) is 2.56. The van der Waals surface area contributed by atoms with Crippen LogP contribution in [0.2, 0.25) is 5.02 Å². The van der Waals surface area contributed by atoms with Crippen LogP contribution in [0.3, 0.4) is 0 Å². The number of hydrogen-bond donors (Lipinski definition) is 1. The molecule has 0 spiro atoms. The summed E-state index contributed by atoms with van der Waals surface area (Å²) in [4.78, 5) is 23.9. The van der Waals surface area contributed by atoms with Crippen LogP contribution >= 0.6 is 23.5 Å². The van der Waals surface area contributed by atoms with E-state index < -0.39 is 16.9 Å². The van der Waals surface area contributed by atoms with E-state index >= 15 is 0 Å². The minimum Gasteiger partial charge on any atom is -0.468 e. The van der Waals surface area contributed by atoms with Gasteiger partial charge >= 0.3 is 12.1 Å². The largest absolute Gasteiger partial charge is 0.468 e. The minimum absolute atomic E-state index is 0.312. The predicted octanol–water partition coefficient (Wildman–Crippen LogP) is 4.38. The molecule has 0 saturated heterocycles. The lowest BCUT2D eigenvalue weighted by Gasteiger charge is -2.19. The van der Waals surface area contributed by atoms with Crippen LogP contribution in [-0.4, -0.2) is 30.0 Å². The van der Waals surface area contributed by atoms with Gasteiger partial charge < -0.3 is 9.47 Å². The Balaban J connectivity index is 1.85. The molecule has 138 valence electrons. The SMILES string of the molecule is COC(=O)[C@H](CC(C)C)SNC(=O)OC1(Cc2cccc(Cl)c2)CC1. The van der Waals surface area contributed by atoms with Gasteiger partial charge in [-0.05, 0) is 54.8 Å². The highest BCUT2D eigenvalue weighted by atomic mass is 35.5. The molecule has 2 rings (SSSR count). The Bertz CT molecular complexity index is 619. The smallest absolute Gasteiger partial charge is 0.417 e. The number of hydrogen-bond acceptors (Lipinski definition) is 5. The average Bonchev–Trinajstić information content (AvgIpc) is 3.29. The van der Waals surface area contributed by atoms with Crippen LogP contribution in [-0.2, 0) is 20.7 Å². The first-order valence-electron chi connectivity index (χ1n) is 8.30. The molecule has 1 aliphatic carbocycles. The first kappa shape index (κ1) is 19.9. The Morgan fingerprint density at radius 3 is 2.64 bits per heavy atom. The van der Waals surface area contributed by atoms with Crippen molar-refractivity contribution in [2.24, 2.45) is 5.92 Å². The zero-order chi connectivity index (χ0) is 18.4. The first-order chi connectivity index (χ1) is 11.8. The molecule has 0 aliphatic heterocycles. The summed E-state index contributed by atoms with van der Waals surface area (Å²) < 4.78 is 13.0. The number of carbonyl (C=O) groups excluding carboxylic acids is 2. The number of ether oxygens (including phenoxy) is 2. The van der Waals surface area contributed by atoms with Crippen LogP contribution < -0.4 is 4.72 Å². The molecule has 1 fully saturated rings. The number of carbonyl (C=O) groups is 2. The number of rotatable bonds is 8. The van der Waals surface area contributed by atoms with E-state index in [1.54, 1.807) is 0 Å². The van der Waals surface area contributed by atoms with E-state index in [0.717, 1.165) is 30.4 Å². The third-order valence-electron chi connectivity index (χ3n) is 3.97. The lowest BCUT2D eigenvalue weighted by molar-refractivity contribution is -0.140. The molecule has 1 aromatic rings. The fraction of sp³-hybridized carbons (Fsp3) is 0.556. The quantitative estimate of drug-likeness (QED) is 0.531. The van der Waals surface area contributed by atoms with Gasteiger partial charge in [-0.15, -0.1) is 0 Å². The van der Waals surface area contributed by atoms with Gasteiger partial charge in [0.15, 0.2) is 0 Å². The zero-order valence-corrected chi connectivity index (χ0v) is 16.3. The van der Waals surface area contributed by atoms with Crippen molar-refractivity contribution in [2.75, 3.05) is 7.11 Å². The van der Waals surface area contributed by atoms with E-state index in [0.29, 0.717) is 23.8 Å². The van der Waals surface area contributed by atoms with Crippen LogP contribution in [0.4, 0.5) is 4.79 Å². The molecule has 0 bridgehead atoms. The molecule has 1 aromatic carbocycles. The van der Waals surface area contributed by atoms with Crippen LogP contribution in [0.15, 0.2) is 24.3 Å². The van der Waals surface area contributed by atoms with Crippen molar-refractivity contribution in [3.63, 3.8) is 0 Å². The maximum absolute atomic E-state index is 12.1. The van der Waals surface area contributed by atoms with Crippen LogP contribution in [0.5, 0.6) is 0 Å². The van der Waals surface area contributed by atoms with E-state index in [4.69, 9.17) is 21.1 Å². The molecule has 7 heteroatoms. The Kier molecular flexibility index (Phi) is 7.02. The Hall–Kier alpha value is -1.40. The van der Waals surface area contributed by atoms with Crippen molar-refractivity contribution in [3.8, 4) is 0 Å². The summed E-state index contributed by atoms with van der Waals surface area (Å²) >= 11 is 7.05. The minimum atomic E-state index is -0.526. The lowest BCUT2D eigenvalue weighted by Crippen LogP contribution is -2.31. The summed E-state index contributed by atoms with van der Waals surface area (Å²) in [6, 6.07) is 7.55. The van der Waals surface area contributed by atoms with E-state index in [9.17, 15) is 9.59 Å². The molecule has 1 N–H and O–H groups in total. The topological polar surface area (TPSA) is 64.6 Å². The summed E-state index contributed by atoms with van der Waals surface area (Å²) in [5.41, 5.74) is 0.575. The molecule has 1 aliphatic rings. The number of methoxy groups -OCH3 is 1. The molecule has 5 nitrogen and oxygen atoms in total. The van der Waals surface area contributed by atoms with E-state index in [1.807, 2.05) is 38.1 Å². The summed E-state index contributed by atoms with van der Waals surface area (Å²) in [7, 11) is 1.35. The Morgan fingerprint density at radius 2 is 2.08 bits per heavy atom. The third-order valence-corrected chi connectivity index (χ3v) is 5.16. The molecule has 1 amide bonds. The van der Waals surface area contributed by atoms with E-state index in [-0.39, 0.29) is 5.97 Å².